The maximum atomic E-state index is 13.5. The molecule has 11 nitrogen and oxygen atoms in total. The molecular formula is C29H39N7O4S. The summed E-state index contributed by atoms with van der Waals surface area (Å²) in [4.78, 5) is 13.5. The van der Waals surface area contributed by atoms with E-state index in [4.69, 9.17) is 4.74 Å². The molecule has 0 aliphatic carbocycles. The number of ether oxygens (including phenoxy) is 1. The number of aromatic nitrogens is 2. The number of carbonyl (C=O) groups is 1. The van der Waals surface area contributed by atoms with Crippen molar-refractivity contribution in [3.63, 3.8) is 0 Å². The second-order valence-corrected chi connectivity index (χ2v) is 13.5. The maximum absolute atomic E-state index is 13.5. The standard InChI is InChI=1S/C29H39N7O4S/c1-17(2)36-19(4)22(15-30-36)25-16-35(34-32-25)26-12-20(11-10-18(26)3)28(37)31-23-13-21(29(5,6)7)14-24(27(23)40-8)33-41(9,38)39/h10-15,17,25,33H,16H2,1-9H3,(H,31,37). The van der Waals surface area contributed by atoms with Gasteiger partial charge in [0.1, 0.15) is 6.04 Å². The van der Waals surface area contributed by atoms with Gasteiger partial charge in [0, 0.05) is 22.9 Å². The molecule has 1 amide bonds. The highest BCUT2D eigenvalue weighted by molar-refractivity contribution is 7.92. The van der Waals surface area contributed by atoms with E-state index < -0.39 is 10.0 Å². The van der Waals surface area contributed by atoms with Crippen molar-refractivity contribution >= 4 is 33.0 Å². The number of hydrogen-bond donors (Lipinski definition) is 2. The van der Waals surface area contributed by atoms with E-state index in [0.717, 1.165) is 34.3 Å². The summed E-state index contributed by atoms with van der Waals surface area (Å²) in [6, 6.07) is 9.01. The Kier molecular flexibility index (Phi) is 8.17. The van der Waals surface area contributed by atoms with E-state index in [-0.39, 0.29) is 34.8 Å². The SMILES string of the molecule is COc1c(NC(=O)c2ccc(C)c(N3CC(c4cnn(C(C)C)c4C)N=N3)c2)cc(C(C)(C)C)cc1NS(C)(=O)=O. The molecule has 0 saturated heterocycles. The normalized spacial score (nSPS) is 15.5. The van der Waals surface area contributed by atoms with Crippen LogP contribution >= 0.6 is 0 Å². The molecule has 4 rings (SSSR count). The summed E-state index contributed by atoms with van der Waals surface area (Å²) >= 11 is 0. The van der Waals surface area contributed by atoms with Crippen LogP contribution in [0.3, 0.4) is 0 Å². The number of anilines is 3. The molecule has 2 N–H and O–H groups in total. The van der Waals surface area contributed by atoms with E-state index in [1.54, 1.807) is 29.3 Å². The van der Waals surface area contributed by atoms with Crippen molar-refractivity contribution < 1.29 is 17.9 Å². The summed E-state index contributed by atoms with van der Waals surface area (Å²) in [6.45, 7) is 14.7. The van der Waals surface area contributed by atoms with Gasteiger partial charge in [-0.3, -0.25) is 14.2 Å². The summed E-state index contributed by atoms with van der Waals surface area (Å²) in [7, 11) is -2.16. The number of carbonyl (C=O) groups excluding carboxylic acids is 1. The Morgan fingerprint density at radius 3 is 2.39 bits per heavy atom. The van der Waals surface area contributed by atoms with Crippen LogP contribution in [0.15, 0.2) is 46.9 Å². The molecule has 0 saturated carbocycles. The van der Waals surface area contributed by atoms with Crippen LogP contribution in [0, 0.1) is 13.8 Å². The number of sulfonamides is 1. The van der Waals surface area contributed by atoms with Gasteiger partial charge in [0.2, 0.25) is 10.0 Å². The lowest BCUT2D eigenvalue weighted by atomic mass is 9.86. The molecule has 220 valence electrons. The maximum Gasteiger partial charge on any atom is 0.255 e. The molecule has 2 heterocycles. The highest BCUT2D eigenvalue weighted by Crippen LogP contribution is 2.40. The van der Waals surface area contributed by atoms with Crippen LogP contribution in [0.4, 0.5) is 17.1 Å². The monoisotopic (exact) mass is 581 g/mol. The summed E-state index contributed by atoms with van der Waals surface area (Å²) in [5.41, 5.74) is 5.33. The molecule has 1 aliphatic rings. The first-order valence-corrected chi connectivity index (χ1v) is 15.3. The Labute approximate surface area is 242 Å². The predicted molar refractivity (Wildman–Crippen MR) is 162 cm³/mol. The van der Waals surface area contributed by atoms with Crippen LogP contribution in [0.1, 0.15) is 79.4 Å². The number of rotatable bonds is 8. The van der Waals surface area contributed by atoms with Crippen molar-refractivity contribution in [2.75, 3.05) is 35.0 Å². The molecule has 1 aliphatic heterocycles. The van der Waals surface area contributed by atoms with E-state index in [0.29, 0.717) is 17.8 Å². The molecular weight excluding hydrogens is 542 g/mol. The summed E-state index contributed by atoms with van der Waals surface area (Å²) < 4.78 is 34.2. The van der Waals surface area contributed by atoms with Gasteiger partial charge in [0.15, 0.2) is 5.75 Å². The largest absolute Gasteiger partial charge is 0.492 e. The molecule has 0 spiro atoms. The van der Waals surface area contributed by atoms with Crippen molar-refractivity contribution in [3.05, 3.63) is 64.5 Å². The van der Waals surface area contributed by atoms with Gasteiger partial charge in [-0.15, -0.1) is 0 Å². The average molecular weight is 582 g/mol. The molecule has 1 aromatic heterocycles. The number of hydrogen-bond acceptors (Lipinski definition) is 8. The van der Waals surface area contributed by atoms with Gasteiger partial charge >= 0.3 is 0 Å². The molecule has 0 bridgehead atoms. The number of nitrogens with one attached hydrogen (secondary N) is 2. The lowest BCUT2D eigenvalue weighted by Crippen LogP contribution is -2.20. The van der Waals surface area contributed by atoms with E-state index in [9.17, 15) is 13.2 Å². The van der Waals surface area contributed by atoms with E-state index in [1.165, 1.54) is 7.11 Å². The van der Waals surface area contributed by atoms with Gasteiger partial charge in [0.05, 0.1) is 43.2 Å². The summed E-state index contributed by atoms with van der Waals surface area (Å²) in [5, 5.41) is 18.2. The van der Waals surface area contributed by atoms with Crippen LogP contribution in [-0.2, 0) is 15.4 Å². The predicted octanol–water partition coefficient (Wildman–Crippen LogP) is 5.94. The van der Waals surface area contributed by atoms with Gasteiger partial charge in [-0.2, -0.15) is 10.2 Å². The first-order chi connectivity index (χ1) is 19.1. The van der Waals surface area contributed by atoms with Crippen LogP contribution in [0.25, 0.3) is 0 Å². The number of benzene rings is 2. The average Bonchev–Trinajstić information content (AvgIpc) is 3.49. The molecule has 3 aromatic rings. The quantitative estimate of drug-likeness (QED) is 0.339. The van der Waals surface area contributed by atoms with E-state index in [2.05, 4.69) is 39.3 Å². The van der Waals surface area contributed by atoms with Crippen LogP contribution < -0.4 is 19.8 Å². The first-order valence-electron chi connectivity index (χ1n) is 13.4. The smallest absolute Gasteiger partial charge is 0.255 e. The van der Waals surface area contributed by atoms with E-state index in [1.807, 2.05) is 51.6 Å². The highest BCUT2D eigenvalue weighted by Gasteiger charge is 2.28. The third kappa shape index (κ3) is 6.53. The fourth-order valence-corrected chi connectivity index (χ4v) is 5.38. The Morgan fingerprint density at radius 1 is 1.12 bits per heavy atom. The minimum atomic E-state index is -3.59. The molecule has 1 unspecified atom stereocenters. The summed E-state index contributed by atoms with van der Waals surface area (Å²) in [6.07, 6.45) is 2.92. The molecule has 0 radical (unpaired) electrons. The Hall–Kier alpha value is -3.93. The van der Waals surface area contributed by atoms with Crippen LogP contribution in [-0.4, -0.2) is 44.0 Å². The minimum Gasteiger partial charge on any atom is -0.492 e. The second kappa shape index (κ2) is 11.2. The van der Waals surface area contributed by atoms with Gasteiger partial charge in [-0.05, 0) is 68.5 Å². The lowest BCUT2D eigenvalue weighted by molar-refractivity contribution is 0.102. The zero-order valence-corrected chi connectivity index (χ0v) is 25.9. The van der Waals surface area contributed by atoms with Crippen LogP contribution in [0.5, 0.6) is 5.75 Å². The van der Waals surface area contributed by atoms with Gasteiger partial charge in [0.25, 0.3) is 5.91 Å². The number of methoxy groups -OCH3 is 1. The third-order valence-corrected chi connectivity index (χ3v) is 7.62. The molecule has 1 atom stereocenters. The topological polar surface area (TPSA) is 130 Å². The Morgan fingerprint density at radius 2 is 1.80 bits per heavy atom. The van der Waals surface area contributed by atoms with Gasteiger partial charge in [-0.25, -0.2) is 13.4 Å². The number of aryl methyl sites for hydroxylation is 1. The molecule has 2 aromatic carbocycles. The van der Waals surface area contributed by atoms with Crippen LogP contribution in [0.2, 0.25) is 0 Å². The second-order valence-electron chi connectivity index (χ2n) is 11.7. The Balaban J connectivity index is 1.62. The Bertz CT molecular complexity index is 1600. The molecule has 0 fully saturated rings. The minimum absolute atomic E-state index is 0.162. The van der Waals surface area contributed by atoms with Crippen molar-refractivity contribution in [2.45, 2.75) is 66.0 Å². The summed E-state index contributed by atoms with van der Waals surface area (Å²) in [5.74, 6) is -0.153. The third-order valence-electron chi connectivity index (χ3n) is 7.03. The lowest BCUT2D eigenvalue weighted by Gasteiger charge is -2.24. The van der Waals surface area contributed by atoms with Crippen molar-refractivity contribution in [1.82, 2.24) is 9.78 Å². The molecule has 41 heavy (non-hydrogen) atoms. The molecule has 12 heteroatoms. The highest BCUT2D eigenvalue weighted by atomic mass is 32.2. The van der Waals surface area contributed by atoms with E-state index >= 15 is 0 Å². The number of amides is 1. The van der Waals surface area contributed by atoms with Crippen molar-refractivity contribution in [2.24, 2.45) is 10.3 Å². The van der Waals surface area contributed by atoms with Gasteiger partial charge < -0.3 is 10.1 Å². The number of nitrogens with zero attached hydrogens (tertiary/aromatic N) is 5. The fourth-order valence-electron chi connectivity index (χ4n) is 4.83. The zero-order chi connectivity index (χ0) is 30.3. The first kappa shape index (κ1) is 30.0. The van der Waals surface area contributed by atoms with Gasteiger partial charge in [-0.1, -0.05) is 32.1 Å². The van der Waals surface area contributed by atoms with Crippen molar-refractivity contribution in [3.8, 4) is 5.75 Å². The fraction of sp³-hybridized carbons (Fsp3) is 0.448. The van der Waals surface area contributed by atoms with Crippen molar-refractivity contribution in [1.29, 1.82) is 0 Å². The zero-order valence-electron chi connectivity index (χ0n) is 25.1.